The summed E-state index contributed by atoms with van der Waals surface area (Å²) in [7, 11) is 1.91. The smallest absolute Gasteiger partial charge is 0.129 e. The lowest BCUT2D eigenvalue weighted by atomic mass is 9.99. The highest BCUT2D eigenvalue weighted by Crippen LogP contribution is 2.29. The van der Waals surface area contributed by atoms with E-state index in [2.05, 4.69) is 28.2 Å². The molecule has 3 heteroatoms. The van der Waals surface area contributed by atoms with Crippen molar-refractivity contribution in [3.05, 3.63) is 34.1 Å². The molecule has 1 aromatic carbocycles. The van der Waals surface area contributed by atoms with Crippen molar-refractivity contribution >= 4 is 15.9 Å². The van der Waals surface area contributed by atoms with Gasteiger partial charge in [-0.05, 0) is 25.6 Å². The van der Waals surface area contributed by atoms with Crippen LogP contribution in [0.1, 0.15) is 76.3 Å². The molecule has 0 amide bonds. The first-order valence-electron chi connectivity index (χ1n) is 8.31. The second kappa shape index (κ2) is 11.2. The van der Waals surface area contributed by atoms with Crippen LogP contribution >= 0.6 is 15.9 Å². The lowest BCUT2D eigenvalue weighted by molar-refractivity contribution is 0.472. The van der Waals surface area contributed by atoms with Crippen LogP contribution in [-0.4, -0.2) is 7.05 Å². The quantitative estimate of drug-likeness (QED) is 0.453. The molecular formula is C18H29BrFN. The molecule has 0 fully saturated rings. The third-order valence-electron chi connectivity index (χ3n) is 4.04. The van der Waals surface area contributed by atoms with Gasteiger partial charge in [-0.3, -0.25) is 0 Å². The van der Waals surface area contributed by atoms with Crippen molar-refractivity contribution in [3.63, 3.8) is 0 Å². The summed E-state index contributed by atoms with van der Waals surface area (Å²) < 4.78 is 14.8. The maximum Gasteiger partial charge on any atom is 0.129 e. The van der Waals surface area contributed by atoms with E-state index in [0.29, 0.717) is 0 Å². The summed E-state index contributed by atoms with van der Waals surface area (Å²) in [6, 6.07) is 5.29. The van der Waals surface area contributed by atoms with Crippen LogP contribution < -0.4 is 5.32 Å². The number of nitrogens with one attached hydrogen (secondary N) is 1. The fourth-order valence-corrected chi connectivity index (χ4v) is 3.38. The minimum atomic E-state index is -0.122. The van der Waals surface area contributed by atoms with Gasteiger partial charge in [-0.1, -0.05) is 80.3 Å². The Kier molecular flexibility index (Phi) is 9.94. The Morgan fingerprint density at radius 1 is 1.05 bits per heavy atom. The van der Waals surface area contributed by atoms with Gasteiger partial charge in [0.15, 0.2) is 0 Å². The van der Waals surface area contributed by atoms with Crippen LogP contribution in [0.25, 0.3) is 0 Å². The van der Waals surface area contributed by atoms with E-state index in [0.717, 1.165) is 22.9 Å². The average molecular weight is 358 g/mol. The molecule has 0 saturated carbocycles. The number of halogens is 2. The van der Waals surface area contributed by atoms with Crippen molar-refractivity contribution in [3.8, 4) is 0 Å². The maximum atomic E-state index is 14.0. The molecule has 120 valence electrons. The number of hydrogen-bond acceptors (Lipinski definition) is 1. The second-order valence-electron chi connectivity index (χ2n) is 5.74. The number of unbranched alkanes of at least 4 members (excludes halogenated alkanes) is 7. The molecule has 0 aliphatic carbocycles. The van der Waals surface area contributed by atoms with Gasteiger partial charge in [0.1, 0.15) is 5.82 Å². The van der Waals surface area contributed by atoms with E-state index in [4.69, 9.17) is 0 Å². The highest BCUT2D eigenvalue weighted by molar-refractivity contribution is 9.10. The Balaban J connectivity index is 2.29. The molecule has 1 unspecified atom stereocenters. The summed E-state index contributed by atoms with van der Waals surface area (Å²) in [5.74, 6) is -0.122. The lowest BCUT2D eigenvalue weighted by Gasteiger charge is -2.18. The van der Waals surface area contributed by atoms with E-state index in [-0.39, 0.29) is 11.9 Å². The van der Waals surface area contributed by atoms with E-state index in [1.54, 1.807) is 6.07 Å². The monoisotopic (exact) mass is 357 g/mol. The fourth-order valence-electron chi connectivity index (χ4n) is 2.76. The van der Waals surface area contributed by atoms with E-state index in [1.807, 2.05) is 13.1 Å². The average Bonchev–Trinajstić information content (AvgIpc) is 2.47. The molecule has 0 bridgehead atoms. The zero-order valence-corrected chi connectivity index (χ0v) is 15.0. The lowest BCUT2D eigenvalue weighted by Crippen LogP contribution is -2.18. The van der Waals surface area contributed by atoms with Crippen molar-refractivity contribution < 1.29 is 4.39 Å². The van der Waals surface area contributed by atoms with Gasteiger partial charge in [-0.25, -0.2) is 4.39 Å². The molecule has 0 aliphatic heterocycles. The first kappa shape index (κ1) is 18.6. The van der Waals surface area contributed by atoms with Crippen LogP contribution in [0.15, 0.2) is 22.7 Å². The van der Waals surface area contributed by atoms with Crippen molar-refractivity contribution in [2.24, 2.45) is 0 Å². The van der Waals surface area contributed by atoms with Gasteiger partial charge in [0.2, 0.25) is 0 Å². The number of benzene rings is 1. The van der Waals surface area contributed by atoms with Gasteiger partial charge < -0.3 is 5.32 Å². The van der Waals surface area contributed by atoms with Crippen LogP contribution in [0.5, 0.6) is 0 Å². The van der Waals surface area contributed by atoms with Crippen molar-refractivity contribution in [2.45, 2.75) is 70.8 Å². The summed E-state index contributed by atoms with van der Waals surface area (Å²) in [6.45, 7) is 2.25. The van der Waals surface area contributed by atoms with Crippen LogP contribution in [0.4, 0.5) is 4.39 Å². The Morgan fingerprint density at radius 3 is 2.24 bits per heavy atom. The first-order valence-corrected chi connectivity index (χ1v) is 9.11. The van der Waals surface area contributed by atoms with Gasteiger partial charge in [0, 0.05) is 16.1 Å². The van der Waals surface area contributed by atoms with Gasteiger partial charge >= 0.3 is 0 Å². The van der Waals surface area contributed by atoms with E-state index in [1.165, 1.54) is 51.0 Å². The first-order chi connectivity index (χ1) is 10.2. The number of hydrogen-bond donors (Lipinski definition) is 1. The molecule has 0 aliphatic rings. The highest BCUT2D eigenvalue weighted by atomic mass is 79.9. The second-order valence-corrected chi connectivity index (χ2v) is 6.59. The van der Waals surface area contributed by atoms with Crippen molar-refractivity contribution in [2.75, 3.05) is 7.05 Å². The SMILES string of the molecule is CCCCCCCCCCC(NC)c1c(F)cccc1Br. The molecule has 1 rings (SSSR count). The summed E-state index contributed by atoms with van der Waals surface area (Å²) in [5, 5.41) is 3.25. The van der Waals surface area contributed by atoms with Gasteiger partial charge in [-0.2, -0.15) is 0 Å². The van der Waals surface area contributed by atoms with Gasteiger partial charge in [0.25, 0.3) is 0 Å². The third-order valence-corrected chi connectivity index (χ3v) is 4.73. The molecule has 0 saturated heterocycles. The highest BCUT2D eigenvalue weighted by Gasteiger charge is 2.16. The molecule has 0 aromatic heterocycles. The fraction of sp³-hybridized carbons (Fsp3) is 0.667. The van der Waals surface area contributed by atoms with E-state index in [9.17, 15) is 4.39 Å². The molecule has 0 spiro atoms. The normalized spacial score (nSPS) is 12.6. The molecule has 1 atom stereocenters. The van der Waals surface area contributed by atoms with Gasteiger partial charge in [0.05, 0.1) is 0 Å². The zero-order chi connectivity index (χ0) is 15.5. The predicted octanol–water partition coefficient (Wildman–Crippen LogP) is 6.38. The summed E-state index contributed by atoms with van der Waals surface area (Å²) in [5.41, 5.74) is 0.767. The third kappa shape index (κ3) is 6.92. The minimum absolute atomic E-state index is 0.0978. The standard InChI is InChI=1S/C18H29BrFN/c1-3-4-5-6-7-8-9-10-14-17(21-2)18-15(19)12-11-13-16(18)20/h11-13,17,21H,3-10,14H2,1-2H3. The van der Waals surface area contributed by atoms with E-state index >= 15 is 0 Å². The number of rotatable bonds is 11. The van der Waals surface area contributed by atoms with Crippen LogP contribution in [0.3, 0.4) is 0 Å². The molecule has 0 radical (unpaired) electrons. The van der Waals surface area contributed by atoms with E-state index < -0.39 is 0 Å². The molecular weight excluding hydrogens is 329 g/mol. The van der Waals surface area contributed by atoms with Crippen LogP contribution in [-0.2, 0) is 0 Å². The summed E-state index contributed by atoms with van der Waals surface area (Å²) >= 11 is 3.47. The Morgan fingerprint density at radius 2 is 1.67 bits per heavy atom. The Labute approximate surface area is 137 Å². The van der Waals surface area contributed by atoms with Crippen LogP contribution in [0.2, 0.25) is 0 Å². The summed E-state index contributed by atoms with van der Waals surface area (Å²) in [6.07, 6.45) is 11.4. The maximum absolute atomic E-state index is 14.0. The van der Waals surface area contributed by atoms with Crippen molar-refractivity contribution in [1.82, 2.24) is 5.32 Å². The zero-order valence-electron chi connectivity index (χ0n) is 13.4. The molecule has 0 heterocycles. The molecule has 21 heavy (non-hydrogen) atoms. The van der Waals surface area contributed by atoms with Crippen LogP contribution in [0, 0.1) is 5.82 Å². The minimum Gasteiger partial charge on any atom is -0.313 e. The Hall–Kier alpha value is -0.410. The largest absolute Gasteiger partial charge is 0.313 e. The molecule has 1 nitrogen and oxygen atoms in total. The summed E-state index contributed by atoms with van der Waals surface area (Å²) in [4.78, 5) is 0. The van der Waals surface area contributed by atoms with Gasteiger partial charge in [-0.15, -0.1) is 0 Å². The molecule has 1 N–H and O–H groups in total. The molecule has 1 aromatic rings. The predicted molar refractivity (Wildman–Crippen MR) is 93.1 cm³/mol. The Bertz CT molecular complexity index is 375. The topological polar surface area (TPSA) is 12.0 Å². The van der Waals surface area contributed by atoms with Crippen molar-refractivity contribution in [1.29, 1.82) is 0 Å².